The minimum absolute atomic E-state index is 1.07. The van der Waals surface area contributed by atoms with Crippen LogP contribution < -0.4 is 4.90 Å². The molecule has 0 N–H and O–H groups in total. The number of anilines is 3. The average Bonchev–Trinajstić information content (AvgIpc) is 3.74. The van der Waals surface area contributed by atoms with E-state index in [4.69, 9.17) is 0 Å². The van der Waals surface area contributed by atoms with Crippen molar-refractivity contribution in [1.29, 1.82) is 0 Å². The number of rotatable bonds is 9. The van der Waals surface area contributed by atoms with Crippen molar-refractivity contribution in [3.05, 3.63) is 267 Å². The number of para-hydroxylation sites is 4. The van der Waals surface area contributed by atoms with E-state index in [0.29, 0.717) is 0 Å². The van der Waals surface area contributed by atoms with Crippen molar-refractivity contribution in [1.82, 2.24) is 4.57 Å². The lowest BCUT2D eigenvalue weighted by molar-refractivity contribution is 1.18. The summed E-state index contributed by atoms with van der Waals surface area (Å²) in [7, 11) is 0. The van der Waals surface area contributed by atoms with Crippen LogP contribution in [0.5, 0.6) is 0 Å². The Labute approximate surface area is 385 Å². The van der Waals surface area contributed by atoms with E-state index in [1.54, 1.807) is 0 Å². The van der Waals surface area contributed by atoms with Gasteiger partial charge in [-0.1, -0.05) is 206 Å². The molecule has 0 atom stereocenters. The van der Waals surface area contributed by atoms with Gasteiger partial charge in [0.05, 0.1) is 28.1 Å². The summed E-state index contributed by atoms with van der Waals surface area (Å²) < 4.78 is 2.43. The molecular weight excluding hydrogens is 797 g/mol. The van der Waals surface area contributed by atoms with E-state index in [1.807, 2.05) is 0 Å². The first-order valence-electron chi connectivity index (χ1n) is 22.7. The molecule has 1 aromatic heterocycles. The molecule has 1 heterocycles. The average molecular weight is 841 g/mol. The van der Waals surface area contributed by atoms with Crippen LogP contribution >= 0.6 is 0 Å². The van der Waals surface area contributed by atoms with Crippen LogP contribution in [0.4, 0.5) is 17.1 Å². The third-order valence-corrected chi connectivity index (χ3v) is 13.0. The fraction of sp³-hybridized carbons (Fsp3) is 0. The standard InChI is InChI=1S/C64H44N2/c1-3-19-47(20-4-1)55-26-9-13-30-60(55)65(54-39-36-46(37-40-54)50-24-17-25-51(42-50)52-35-34-45-18-7-8-23-49(45)43-52)64-41-38-53(44-59(64)48-21-5-2-6-22-48)56-27-10-14-31-61(56)66-62-32-15-11-28-57(62)58-29-12-16-33-63(58)66/h1-44H. The molecule has 0 saturated heterocycles. The van der Waals surface area contributed by atoms with E-state index >= 15 is 0 Å². The van der Waals surface area contributed by atoms with Crippen molar-refractivity contribution < 1.29 is 0 Å². The molecule has 12 rings (SSSR count). The monoisotopic (exact) mass is 840 g/mol. The molecule has 0 aliphatic heterocycles. The maximum atomic E-state index is 2.45. The lowest BCUT2D eigenvalue weighted by atomic mass is 9.94. The van der Waals surface area contributed by atoms with E-state index in [2.05, 4.69) is 276 Å². The summed E-state index contributed by atoms with van der Waals surface area (Å²) in [6.45, 7) is 0. The molecule has 0 amide bonds. The van der Waals surface area contributed by atoms with E-state index in [9.17, 15) is 0 Å². The van der Waals surface area contributed by atoms with Crippen LogP contribution in [0, 0.1) is 0 Å². The molecule has 0 bridgehead atoms. The van der Waals surface area contributed by atoms with Crippen LogP contribution in [0.3, 0.4) is 0 Å². The van der Waals surface area contributed by atoms with Gasteiger partial charge < -0.3 is 9.47 Å². The fourth-order valence-corrected chi connectivity index (χ4v) is 9.83. The number of hydrogen-bond acceptors (Lipinski definition) is 1. The van der Waals surface area contributed by atoms with Crippen LogP contribution in [-0.2, 0) is 0 Å². The second-order valence-electron chi connectivity index (χ2n) is 16.9. The zero-order valence-corrected chi connectivity index (χ0v) is 36.3. The largest absolute Gasteiger partial charge is 0.309 e. The van der Waals surface area contributed by atoms with Crippen molar-refractivity contribution in [2.24, 2.45) is 0 Å². The maximum Gasteiger partial charge on any atom is 0.0541 e. The summed E-state index contributed by atoms with van der Waals surface area (Å²) >= 11 is 0. The minimum atomic E-state index is 1.07. The molecule has 0 radical (unpaired) electrons. The molecular formula is C64H44N2. The lowest BCUT2D eigenvalue weighted by Crippen LogP contribution is -2.12. The molecule has 310 valence electrons. The van der Waals surface area contributed by atoms with Crippen molar-refractivity contribution >= 4 is 49.6 Å². The van der Waals surface area contributed by atoms with Gasteiger partial charge in [0.1, 0.15) is 0 Å². The molecule has 0 fully saturated rings. The molecule has 2 nitrogen and oxygen atoms in total. The van der Waals surface area contributed by atoms with Gasteiger partial charge in [0.15, 0.2) is 0 Å². The van der Waals surface area contributed by atoms with Gasteiger partial charge in [0.25, 0.3) is 0 Å². The summed E-state index contributed by atoms with van der Waals surface area (Å²) in [6.07, 6.45) is 0. The van der Waals surface area contributed by atoms with E-state index in [0.717, 1.165) is 50.6 Å². The Bertz CT molecular complexity index is 3640. The highest BCUT2D eigenvalue weighted by Gasteiger charge is 2.23. The van der Waals surface area contributed by atoms with Crippen LogP contribution in [0.2, 0.25) is 0 Å². The van der Waals surface area contributed by atoms with Crippen LogP contribution in [0.25, 0.3) is 93.9 Å². The highest BCUT2D eigenvalue weighted by molar-refractivity contribution is 6.10. The second-order valence-corrected chi connectivity index (χ2v) is 16.9. The molecule has 0 aliphatic rings. The SMILES string of the molecule is c1ccc(-c2ccccc2N(c2ccc(-c3cccc(-c4ccc5ccccc5c4)c3)cc2)c2ccc(-c3ccccc3-n3c4ccccc4c4ccccc43)cc2-c2ccccc2)cc1. The first kappa shape index (κ1) is 38.9. The summed E-state index contributed by atoms with van der Waals surface area (Å²) in [5.41, 5.74) is 18.5. The molecule has 11 aromatic carbocycles. The van der Waals surface area contributed by atoms with Gasteiger partial charge in [-0.15, -0.1) is 0 Å². The highest BCUT2D eigenvalue weighted by atomic mass is 15.1. The zero-order chi connectivity index (χ0) is 43.8. The first-order valence-corrected chi connectivity index (χ1v) is 22.7. The third kappa shape index (κ3) is 7.02. The molecule has 12 aromatic rings. The Morgan fingerprint density at radius 1 is 0.258 bits per heavy atom. The van der Waals surface area contributed by atoms with Gasteiger partial charge >= 0.3 is 0 Å². The summed E-state index contributed by atoms with van der Waals surface area (Å²) in [5, 5.41) is 5.00. The van der Waals surface area contributed by atoms with Crippen molar-refractivity contribution in [3.8, 4) is 61.3 Å². The van der Waals surface area contributed by atoms with Gasteiger partial charge in [-0.3, -0.25) is 0 Å². The third-order valence-electron chi connectivity index (χ3n) is 13.0. The van der Waals surface area contributed by atoms with E-state index in [1.165, 1.54) is 60.4 Å². The number of fused-ring (bicyclic) bond motifs is 4. The predicted octanol–water partition coefficient (Wildman–Crippen LogP) is 17.7. The van der Waals surface area contributed by atoms with Crippen molar-refractivity contribution in [2.75, 3.05) is 4.90 Å². The van der Waals surface area contributed by atoms with Crippen molar-refractivity contribution in [3.63, 3.8) is 0 Å². The molecule has 66 heavy (non-hydrogen) atoms. The van der Waals surface area contributed by atoms with Crippen LogP contribution in [-0.4, -0.2) is 4.57 Å². The Morgan fingerprint density at radius 2 is 0.758 bits per heavy atom. The number of nitrogens with zero attached hydrogens (tertiary/aromatic N) is 2. The van der Waals surface area contributed by atoms with Gasteiger partial charge in [0.2, 0.25) is 0 Å². The van der Waals surface area contributed by atoms with Gasteiger partial charge in [-0.25, -0.2) is 0 Å². The lowest BCUT2D eigenvalue weighted by Gasteiger charge is -2.30. The summed E-state index contributed by atoms with van der Waals surface area (Å²) in [6, 6.07) is 97.0. The molecule has 0 saturated carbocycles. The van der Waals surface area contributed by atoms with Gasteiger partial charge in [-0.2, -0.15) is 0 Å². The Balaban J connectivity index is 1.02. The molecule has 0 aliphatic carbocycles. The number of aromatic nitrogens is 1. The topological polar surface area (TPSA) is 8.17 Å². The van der Waals surface area contributed by atoms with Crippen LogP contribution in [0.1, 0.15) is 0 Å². The van der Waals surface area contributed by atoms with Gasteiger partial charge in [0, 0.05) is 33.2 Å². The molecule has 2 heteroatoms. The number of benzene rings is 11. The Kier molecular flexibility index (Phi) is 9.89. The normalized spacial score (nSPS) is 11.3. The fourth-order valence-electron chi connectivity index (χ4n) is 9.83. The predicted molar refractivity (Wildman–Crippen MR) is 280 cm³/mol. The Morgan fingerprint density at radius 3 is 1.48 bits per heavy atom. The second kappa shape index (κ2) is 16.8. The zero-order valence-electron chi connectivity index (χ0n) is 36.3. The first-order chi connectivity index (χ1) is 32.7. The van der Waals surface area contributed by atoms with Gasteiger partial charge in [-0.05, 0) is 110 Å². The van der Waals surface area contributed by atoms with Crippen molar-refractivity contribution in [2.45, 2.75) is 0 Å². The highest BCUT2D eigenvalue weighted by Crippen LogP contribution is 2.47. The van der Waals surface area contributed by atoms with Crippen LogP contribution in [0.15, 0.2) is 267 Å². The smallest absolute Gasteiger partial charge is 0.0541 e. The maximum absolute atomic E-state index is 2.45. The summed E-state index contributed by atoms with van der Waals surface area (Å²) in [4.78, 5) is 2.45. The summed E-state index contributed by atoms with van der Waals surface area (Å²) in [5.74, 6) is 0. The quantitative estimate of drug-likeness (QED) is 0.141. The molecule has 0 spiro atoms. The molecule has 0 unspecified atom stereocenters. The minimum Gasteiger partial charge on any atom is -0.309 e. The van der Waals surface area contributed by atoms with E-state index < -0.39 is 0 Å². The van der Waals surface area contributed by atoms with E-state index in [-0.39, 0.29) is 0 Å². The Hall–Kier alpha value is -8.72. The number of hydrogen-bond donors (Lipinski definition) is 0.